The second-order valence-corrected chi connectivity index (χ2v) is 3.59. The number of pyridine rings is 1. The van der Waals surface area contributed by atoms with E-state index in [2.05, 4.69) is 4.98 Å². The Morgan fingerprint density at radius 2 is 2.31 bits per heavy atom. The molecule has 0 aromatic carbocycles. The van der Waals surface area contributed by atoms with Crippen LogP contribution in [0, 0.1) is 5.41 Å². The van der Waals surface area contributed by atoms with Crippen molar-refractivity contribution in [1.29, 1.82) is 5.41 Å². The molecule has 0 amide bonds. The topological polar surface area (TPSA) is 40.0 Å². The molecule has 1 aliphatic carbocycles. The average Bonchev–Trinajstić information content (AvgIpc) is 2.75. The number of aromatic nitrogens is 1. The summed E-state index contributed by atoms with van der Waals surface area (Å²) in [7, 11) is 1.89. The minimum absolute atomic E-state index is 0.185. The zero-order valence-corrected chi connectivity index (χ0v) is 8.26. The maximum Gasteiger partial charge on any atom is 0.129 e. The second-order valence-electron chi connectivity index (χ2n) is 3.21. The summed E-state index contributed by atoms with van der Waals surface area (Å²) in [6.07, 6.45) is 0. The summed E-state index contributed by atoms with van der Waals surface area (Å²) in [5.41, 5.74) is 2.18. The molecular weight excluding hydrogens is 186 g/mol. The van der Waals surface area contributed by atoms with Gasteiger partial charge in [-0.15, -0.1) is 0 Å². The number of nitrogens with one attached hydrogen (secondary N) is 1. The Labute approximate surface area is 81.9 Å². The molecule has 0 aliphatic heterocycles. The van der Waals surface area contributed by atoms with Gasteiger partial charge in [-0.05, 0) is 13.0 Å². The fraction of sp³-hybridized carbons (Fsp3) is 0.333. The van der Waals surface area contributed by atoms with Gasteiger partial charge in [-0.1, -0.05) is 17.7 Å². The molecule has 3 nitrogen and oxygen atoms in total. The number of nitrogens with zero attached hydrogens (tertiary/aromatic N) is 2. The minimum Gasteiger partial charge on any atom is -0.351 e. The highest BCUT2D eigenvalue weighted by Crippen LogP contribution is 2.44. The van der Waals surface area contributed by atoms with Crippen LogP contribution in [0.2, 0.25) is 5.15 Å². The van der Waals surface area contributed by atoms with Gasteiger partial charge in [-0.3, -0.25) is 5.41 Å². The van der Waals surface area contributed by atoms with Crippen LogP contribution in [-0.4, -0.2) is 22.8 Å². The van der Waals surface area contributed by atoms with E-state index >= 15 is 0 Å². The first-order chi connectivity index (χ1) is 6.11. The molecule has 0 bridgehead atoms. The Morgan fingerprint density at radius 3 is 2.85 bits per heavy atom. The van der Waals surface area contributed by atoms with Crippen molar-refractivity contribution in [3.8, 4) is 0 Å². The molecule has 0 spiro atoms. The van der Waals surface area contributed by atoms with E-state index in [1.54, 1.807) is 13.0 Å². The molecule has 1 aromatic heterocycles. The first-order valence-corrected chi connectivity index (χ1v) is 4.43. The van der Waals surface area contributed by atoms with E-state index in [9.17, 15) is 0 Å². The molecule has 0 unspecified atom stereocenters. The summed E-state index contributed by atoms with van der Waals surface area (Å²) in [5, 5.41) is 7.99. The summed E-state index contributed by atoms with van der Waals surface area (Å²) >= 11 is 5.74. The van der Waals surface area contributed by atoms with E-state index in [4.69, 9.17) is 17.0 Å². The van der Waals surface area contributed by atoms with Crippen LogP contribution >= 0.6 is 11.6 Å². The van der Waals surface area contributed by atoms with E-state index in [0.29, 0.717) is 11.0 Å². The van der Waals surface area contributed by atoms with Gasteiger partial charge in [0, 0.05) is 12.6 Å². The highest BCUT2D eigenvalue weighted by atomic mass is 35.5. The lowest BCUT2D eigenvalue weighted by Crippen LogP contribution is -2.21. The average molecular weight is 196 g/mol. The van der Waals surface area contributed by atoms with E-state index in [-0.39, 0.29) is 6.04 Å². The van der Waals surface area contributed by atoms with Crippen molar-refractivity contribution in [2.24, 2.45) is 0 Å². The summed E-state index contributed by atoms with van der Waals surface area (Å²) in [6, 6.07) is 3.94. The van der Waals surface area contributed by atoms with E-state index in [1.807, 2.05) is 18.0 Å². The highest BCUT2D eigenvalue weighted by Gasteiger charge is 2.38. The van der Waals surface area contributed by atoms with Crippen molar-refractivity contribution in [2.75, 3.05) is 7.05 Å². The standard InChI is InChI=1S/C9H10ClN3/c1-5(11)13(2)9-6-3-4-7(10)12-8(6)9/h3-4,9,11H,1-2H3/t9-/m0/s1. The monoisotopic (exact) mass is 195 g/mol. The lowest BCUT2D eigenvalue weighted by molar-refractivity contribution is 0.476. The Hall–Kier alpha value is -1.09. The lowest BCUT2D eigenvalue weighted by atomic mass is 10.4. The number of hydrogen-bond acceptors (Lipinski definition) is 2. The van der Waals surface area contributed by atoms with Crippen LogP contribution in [0.1, 0.15) is 24.2 Å². The number of halogens is 1. The third-order valence-electron chi connectivity index (χ3n) is 2.31. The third-order valence-corrected chi connectivity index (χ3v) is 2.52. The van der Waals surface area contributed by atoms with Gasteiger partial charge < -0.3 is 4.90 Å². The minimum atomic E-state index is 0.185. The van der Waals surface area contributed by atoms with Gasteiger partial charge in [0.15, 0.2) is 0 Å². The van der Waals surface area contributed by atoms with Gasteiger partial charge in [0.1, 0.15) is 5.15 Å². The Bertz CT molecular complexity index is 375. The first kappa shape index (κ1) is 8.51. The Kier molecular flexibility index (Phi) is 1.77. The zero-order chi connectivity index (χ0) is 9.59. The molecule has 4 heteroatoms. The Morgan fingerprint density at radius 1 is 1.62 bits per heavy atom. The fourth-order valence-electron chi connectivity index (χ4n) is 1.41. The van der Waals surface area contributed by atoms with Crippen LogP contribution in [0.3, 0.4) is 0 Å². The van der Waals surface area contributed by atoms with E-state index in [1.165, 1.54) is 5.56 Å². The fourth-order valence-corrected chi connectivity index (χ4v) is 1.57. The number of rotatable bonds is 1. The predicted molar refractivity (Wildman–Crippen MR) is 52.3 cm³/mol. The predicted octanol–water partition coefficient (Wildman–Crippen LogP) is 2.07. The van der Waals surface area contributed by atoms with Crippen LogP contribution in [0.4, 0.5) is 0 Å². The Balaban J connectivity index is 2.23. The van der Waals surface area contributed by atoms with Gasteiger partial charge >= 0.3 is 0 Å². The quantitative estimate of drug-likeness (QED) is 0.423. The lowest BCUT2D eigenvalue weighted by Gasteiger charge is -2.15. The molecule has 68 valence electrons. The first-order valence-electron chi connectivity index (χ1n) is 4.05. The van der Waals surface area contributed by atoms with Crippen molar-refractivity contribution in [2.45, 2.75) is 13.0 Å². The molecular formula is C9H10ClN3. The van der Waals surface area contributed by atoms with Crippen molar-refractivity contribution in [3.05, 3.63) is 28.5 Å². The van der Waals surface area contributed by atoms with Gasteiger partial charge in [0.05, 0.1) is 17.6 Å². The van der Waals surface area contributed by atoms with Crippen molar-refractivity contribution >= 4 is 17.4 Å². The summed E-state index contributed by atoms with van der Waals surface area (Å²) in [5.74, 6) is 0.541. The van der Waals surface area contributed by atoms with Crippen molar-refractivity contribution < 1.29 is 0 Å². The van der Waals surface area contributed by atoms with Crippen molar-refractivity contribution in [3.63, 3.8) is 0 Å². The molecule has 1 aromatic rings. The van der Waals surface area contributed by atoms with Crippen LogP contribution in [0.15, 0.2) is 12.1 Å². The van der Waals surface area contributed by atoms with Gasteiger partial charge in [-0.2, -0.15) is 0 Å². The molecule has 2 rings (SSSR count). The van der Waals surface area contributed by atoms with Crippen LogP contribution in [0.5, 0.6) is 0 Å². The van der Waals surface area contributed by atoms with Crippen molar-refractivity contribution in [1.82, 2.24) is 9.88 Å². The third kappa shape index (κ3) is 1.29. The molecule has 1 N–H and O–H groups in total. The van der Waals surface area contributed by atoms with Gasteiger partial charge in [-0.25, -0.2) is 4.98 Å². The maximum absolute atomic E-state index is 7.47. The number of hydrogen-bond donors (Lipinski definition) is 1. The largest absolute Gasteiger partial charge is 0.351 e. The van der Waals surface area contributed by atoms with Crippen LogP contribution in [-0.2, 0) is 0 Å². The second kappa shape index (κ2) is 2.70. The summed E-state index contributed by atoms with van der Waals surface area (Å²) in [4.78, 5) is 6.06. The summed E-state index contributed by atoms with van der Waals surface area (Å²) < 4.78 is 0. The number of amidine groups is 1. The molecule has 0 fully saturated rings. The molecule has 1 atom stereocenters. The maximum atomic E-state index is 7.47. The molecule has 1 heterocycles. The zero-order valence-electron chi connectivity index (χ0n) is 7.50. The smallest absolute Gasteiger partial charge is 0.129 e. The van der Waals surface area contributed by atoms with Crippen LogP contribution < -0.4 is 0 Å². The van der Waals surface area contributed by atoms with Gasteiger partial charge in [0.25, 0.3) is 0 Å². The normalized spacial score (nSPS) is 17.9. The SMILES string of the molecule is CC(=N)N(C)[C@H]1c2ccc(Cl)nc21. The highest BCUT2D eigenvalue weighted by molar-refractivity contribution is 6.29. The van der Waals surface area contributed by atoms with E-state index in [0.717, 1.165) is 5.69 Å². The van der Waals surface area contributed by atoms with E-state index < -0.39 is 0 Å². The molecule has 0 saturated heterocycles. The molecule has 0 radical (unpaired) electrons. The summed E-state index contributed by atoms with van der Waals surface area (Å²) in [6.45, 7) is 1.76. The van der Waals surface area contributed by atoms with Gasteiger partial charge in [0.2, 0.25) is 0 Å². The molecule has 1 aliphatic rings. The number of fused-ring (bicyclic) bond motifs is 1. The molecule has 0 saturated carbocycles. The molecule has 13 heavy (non-hydrogen) atoms. The van der Waals surface area contributed by atoms with Crippen LogP contribution in [0.25, 0.3) is 0 Å².